The third-order valence-electron chi connectivity index (χ3n) is 6.81. The summed E-state index contributed by atoms with van der Waals surface area (Å²) in [5.41, 5.74) is 3.72. The molecule has 0 radical (unpaired) electrons. The highest BCUT2D eigenvalue weighted by atomic mass is 35.5. The van der Waals surface area contributed by atoms with Crippen LogP contribution >= 0.6 is 11.6 Å². The zero-order valence-corrected chi connectivity index (χ0v) is 22.8. The second kappa shape index (κ2) is 12.7. The molecule has 0 aromatic heterocycles. The van der Waals surface area contributed by atoms with Crippen LogP contribution in [0.5, 0.6) is 17.2 Å². The Bertz CT molecular complexity index is 1250. The standard InChI is InChI=1S/C30H33ClN2O5/c1-36-25-10-6-22(7-11-25)17-24(34)16-21-4-8-23(9-5-21)32-12-14-33(15-13-32)30(35)20-27-28(31)18-26(37-2)19-29(27)38-3/h4-11,18-19H,12-17,20H2,1-3H3. The molecule has 8 heteroatoms. The molecule has 7 nitrogen and oxygen atoms in total. The minimum atomic E-state index is 0.0146. The molecule has 0 unspecified atom stereocenters. The van der Waals surface area contributed by atoms with Crippen LogP contribution in [0.3, 0.4) is 0 Å². The van der Waals surface area contributed by atoms with Gasteiger partial charge in [0.15, 0.2) is 0 Å². The van der Waals surface area contributed by atoms with Gasteiger partial charge in [0.05, 0.1) is 32.8 Å². The monoisotopic (exact) mass is 536 g/mol. The lowest BCUT2D eigenvalue weighted by atomic mass is 10.0. The summed E-state index contributed by atoms with van der Waals surface area (Å²) in [5, 5.41) is 0.454. The van der Waals surface area contributed by atoms with E-state index in [1.807, 2.05) is 41.3 Å². The Kier molecular flexibility index (Phi) is 9.13. The number of hydrogen-bond acceptors (Lipinski definition) is 6. The van der Waals surface area contributed by atoms with Gasteiger partial charge in [0.25, 0.3) is 0 Å². The average Bonchev–Trinajstić information content (AvgIpc) is 2.94. The van der Waals surface area contributed by atoms with Crippen LogP contribution in [-0.4, -0.2) is 64.1 Å². The molecule has 200 valence electrons. The van der Waals surface area contributed by atoms with Gasteiger partial charge in [-0.25, -0.2) is 0 Å². The molecule has 4 rings (SSSR count). The predicted octanol–water partition coefficient (Wildman–Crippen LogP) is 4.61. The maximum atomic E-state index is 13.0. The fourth-order valence-corrected chi connectivity index (χ4v) is 4.89. The normalized spacial score (nSPS) is 13.3. The first-order chi connectivity index (χ1) is 18.4. The lowest BCUT2D eigenvalue weighted by Crippen LogP contribution is -2.49. The lowest BCUT2D eigenvalue weighted by molar-refractivity contribution is -0.130. The first-order valence-corrected chi connectivity index (χ1v) is 12.9. The second-order valence-electron chi connectivity index (χ2n) is 9.24. The number of carbonyl (C=O) groups is 2. The van der Waals surface area contributed by atoms with Crippen LogP contribution in [0, 0.1) is 0 Å². The maximum absolute atomic E-state index is 13.0. The highest BCUT2D eigenvalue weighted by Crippen LogP contribution is 2.33. The van der Waals surface area contributed by atoms with Crippen molar-refractivity contribution in [2.45, 2.75) is 19.3 Å². The number of benzene rings is 3. The van der Waals surface area contributed by atoms with Gasteiger partial charge in [-0.3, -0.25) is 9.59 Å². The fourth-order valence-electron chi connectivity index (χ4n) is 4.62. The highest BCUT2D eigenvalue weighted by Gasteiger charge is 2.24. The minimum absolute atomic E-state index is 0.0146. The van der Waals surface area contributed by atoms with Gasteiger partial charge in [-0.2, -0.15) is 0 Å². The number of rotatable bonds is 10. The molecule has 0 atom stereocenters. The van der Waals surface area contributed by atoms with Crippen molar-refractivity contribution >= 4 is 29.0 Å². The molecule has 1 aliphatic heterocycles. The number of ketones is 1. The van der Waals surface area contributed by atoms with Crippen molar-refractivity contribution in [3.8, 4) is 17.2 Å². The van der Waals surface area contributed by atoms with Crippen molar-refractivity contribution in [1.82, 2.24) is 4.90 Å². The topological polar surface area (TPSA) is 68.3 Å². The third kappa shape index (κ3) is 6.78. The summed E-state index contributed by atoms with van der Waals surface area (Å²) < 4.78 is 15.8. The Balaban J connectivity index is 1.28. The van der Waals surface area contributed by atoms with E-state index in [9.17, 15) is 9.59 Å². The minimum Gasteiger partial charge on any atom is -0.497 e. The van der Waals surface area contributed by atoms with Crippen molar-refractivity contribution in [3.05, 3.63) is 82.4 Å². The number of anilines is 1. The van der Waals surface area contributed by atoms with Crippen LogP contribution in [0.15, 0.2) is 60.7 Å². The largest absolute Gasteiger partial charge is 0.497 e. The van der Waals surface area contributed by atoms with Crippen molar-refractivity contribution in [2.24, 2.45) is 0 Å². The Hall–Kier alpha value is -3.71. The molecule has 0 aliphatic carbocycles. The van der Waals surface area contributed by atoms with Crippen molar-refractivity contribution < 1.29 is 23.8 Å². The number of hydrogen-bond donors (Lipinski definition) is 0. The predicted molar refractivity (Wildman–Crippen MR) is 149 cm³/mol. The molecule has 3 aromatic carbocycles. The highest BCUT2D eigenvalue weighted by molar-refractivity contribution is 6.32. The van der Waals surface area contributed by atoms with Crippen LogP contribution < -0.4 is 19.1 Å². The molecule has 1 fully saturated rings. The smallest absolute Gasteiger partial charge is 0.227 e. The number of amides is 1. The van der Waals surface area contributed by atoms with E-state index >= 15 is 0 Å². The number of halogens is 1. The first kappa shape index (κ1) is 27.3. The maximum Gasteiger partial charge on any atom is 0.227 e. The van der Waals surface area contributed by atoms with Gasteiger partial charge in [0.2, 0.25) is 5.91 Å². The van der Waals surface area contributed by atoms with Crippen molar-refractivity contribution in [3.63, 3.8) is 0 Å². The third-order valence-corrected chi connectivity index (χ3v) is 7.14. The summed E-state index contributed by atoms with van der Waals surface area (Å²) >= 11 is 6.41. The Morgan fingerprint density at radius 2 is 1.32 bits per heavy atom. The van der Waals surface area contributed by atoms with Gasteiger partial charge in [-0.1, -0.05) is 35.9 Å². The number of nitrogens with zero attached hydrogens (tertiary/aromatic N) is 2. The van der Waals surface area contributed by atoms with E-state index in [1.54, 1.807) is 33.5 Å². The Labute approximate surface area is 228 Å². The average molecular weight is 537 g/mol. The Morgan fingerprint density at radius 1 is 0.737 bits per heavy atom. The molecule has 0 N–H and O–H groups in total. The molecule has 1 aliphatic rings. The van der Waals surface area contributed by atoms with E-state index in [4.69, 9.17) is 25.8 Å². The lowest BCUT2D eigenvalue weighted by Gasteiger charge is -2.36. The molecule has 0 bridgehead atoms. The summed E-state index contributed by atoms with van der Waals surface area (Å²) in [6, 6.07) is 19.1. The zero-order chi connectivity index (χ0) is 27.1. The van der Waals surface area contributed by atoms with E-state index in [0.717, 1.165) is 35.7 Å². The molecule has 1 amide bonds. The van der Waals surface area contributed by atoms with E-state index in [-0.39, 0.29) is 18.1 Å². The number of piperazine rings is 1. The van der Waals surface area contributed by atoms with E-state index in [0.29, 0.717) is 48.0 Å². The van der Waals surface area contributed by atoms with Crippen LogP contribution in [0.25, 0.3) is 0 Å². The van der Waals surface area contributed by atoms with Gasteiger partial charge in [-0.15, -0.1) is 0 Å². The quantitative estimate of drug-likeness (QED) is 0.377. The summed E-state index contributed by atoms with van der Waals surface area (Å²) in [4.78, 5) is 29.7. The molecular formula is C30H33ClN2O5. The first-order valence-electron chi connectivity index (χ1n) is 12.6. The SMILES string of the molecule is COc1ccc(CC(=O)Cc2ccc(N3CCN(C(=O)Cc4c(Cl)cc(OC)cc4OC)CC3)cc2)cc1. The van der Waals surface area contributed by atoms with E-state index in [2.05, 4.69) is 17.0 Å². The number of ether oxygens (including phenoxy) is 3. The molecule has 0 saturated carbocycles. The molecule has 1 saturated heterocycles. The molecule has 0 spiro atoms. The molecule has 3 aromatic rings. The fraction of sp³-hybridized carbons (Fsp3) is 0.333. The zero-order valence-electron chi connectivity index (χ0n) is 22.0. The number of methoxy groups -OCH3 is 3. The number of Topliss-reactive ketones (excluding diaryl/α,β-unsaturated/α-hetero) is 1. The van der Waals surface area contributed by atoms with Gasteiger partial charge < -0.3 is 24.0 Å². The van der Waals surface area contributed by atoms with Crippen LogP contribution in [0.1, 0.15) is 16.7 Å². The van der Waals surface area contributed by atoms with Crippen LogP contribution in [0.2, 0.25) is 5.02 Å². The Morgan fingerprint density at radius 3 is 1.87 bits per heavy atom. The van der Waals surface area contributed by atoms with Crippen LogP contribution in [-0.2, 0) is 28.9 Å². The van der Waals surface area contributed by atoms with Crippen LogP contribution in [0.4, 0.5) is 5.69 Å². The summed E-state index contributed by atoms with van der Waals surface area (Å²) in [5.74, 6) is 2.10. The second-order valence-corrected chi connectivity index (χ2v) is 9.65. The van der Waals surface area contributed by atoms with Gasteiger partial charge in [-0.05, 0) is 41.5 Å². The number of carbonyl (C=O) groups excluding carboxylic acids is 2. The van der Waals surface area contributed by atoms with E-state index in [1.165, 1.54) is 0 Å². The summed E-state index contributed by atoms with van der Waals surface area (Å²) in [6.45, 7) is 2.71. The molecular weight excluding hydrogens is 504 g/mol. The van der Waals surface area contributed by atoms with Gasteiger partial charge in [0.1, 0.15) is 23.0 Å². The molecule has 38 heavy (non-hydrogen) atoms. The van der Waals surface area contributed by atoms with Crippen molar-refractivity contribution in [2.75, 3.05) is 52.4 Å². The molecule has 1 heterocycles. The summed E-state index contributed by atoms with van der Waals surface area (Å²) in [7, 11) is 4.74. The summed E-state index contributed by atoms with van der Waals surface area (Å²) in [6.07, 6.45) is 0.965. The van der Waals surface area contributed by atoms with E-state index < -0.39 is 0 Å². The van der Waals surface area contributed by atoms with Gasteiger partial charge >= 0.3 is 0 Å². The van der Waals surface area contributed by atoms with Crippen molar-refractivity contribution in [1.29, 1.82) is 0 Å². The van der Waals surface area contributed by atoms with Gasteiger partial charge in [0, 0.05) is 56.3 Å².